The number of nitrogens with zero attached hydrogens (tertiary/aromatic N) is 1. The molecule has 1 aromatic heterocycles. The summed E-state index contributed by atoms with van der Waals surface area (Å²) < 4.78 is 27.7. The number of hydrogen-bond donors (Lipinski definition) is 2. The molecule has 120 valence electrons. The lowest BCUT2D eigenvalue weighted by Crippen LogP contribution is -2.32. The third-order valence-corrected chi connectivity index (χ3v) is 6.89. The first-order valence-electron chi connectivity index (χ1n) is 7.43. The zero-order chi connectivity index (χ0) is 15.5. The number of hydrogen-bond acceptors (Lipinski definition) is 5. The minimum absolute atomic E-state index is 0.423. The van der Waals surface area contributed by atoms with Gasteiger partial charge >= 0.3 is 0 Å². The van der Waals surface area contributed by atoms with Crippen LogP contribution in [0.25, 0.3) is 0 Å². The molecule has 0 atom stereocenters. The van der Waals surface area contributed by atoms with E-state index in [1.54, 1.807) is 6.07 Å². The second kappa shape index (κ2) is 7.19. The van der Waals surface area contributed by atoms with Crippen molar-refractivity contribution in [1.29, 1.82) is 0 Å². The van der Waals surface area contributed by atoms with Gasteiger partial charge in [-0.3, -0.25) is 0 Å². The highest BCUT2D eigenvalue weighted by molar-refractivity contribution is 7.91. The summed E-state index contributed by atoms with van der Waals surface area (Å²) in [6.45, 7) is 6.88. The van der Waals surface area contributed by atoms with Crippen molar-refractivity contribution in [3.05, 3.63) is 16.5 Å². The Kier molecular flexibility index (Phi) is 5.79. The summed E-state index contributed by atoms with van der Waals surface area (Å²) in [6.07, 6.45) is 2.48. The second-order valence-corrected chi connectivity index (χ2v) is 8.75. The lowest BCUT2D eigenvalue weighted by Gasteiger charge is -2.13. The zero-order valence-electron chi connectivity index (χ0n) is 13.0. The van der Waals surface area contributed by atoms with Crippen molar-refractivity contribution in [1.82, 2.24) is 14.9 Å². The van der Waals surface area contributed by atoms with Crippen molar-refractivity contribution in [2.75, 3.05) is 26.7 Å². The first kappa shape index (κ1) is 16.9. The van der Waals surface area contributed by atoms with E-state index in [4.69, 9.17) is 0 Å². The van der Waals surface area contributed by atoms with Crippen LogP contribution in [0.2, 0.25) is 0 Å². The molecule has 1 aliphatic carbocycles. The molecule has 1 aromatic rings. The predicted molar refractivity (Wildman–Crippen MR) is 87.3 cm³/mol. The molecule has 0 unspecified atom stereocenters. The number of thiophene rings is 1. The average molecular weight is 332 g/mol. The first-order chi connectivity index (χ1) is 9.92. The molecule has 0 saturated heterocycles. The molecule has 2 N–H and O–H groups in total. The molecule has 5 nitrogen and oxygen atoms in total. The largest absolute Gasteiger partial charge is 0.309 e. The molecule has 0 spiro atoms. The summed E-state index contributed by atoms with van der Waals surface area (Å²) in [7, 11) is -1.40. The topological polar surface area (TPSA) is 61.4 Å². The fourth-order valence-corrected chi connectivity index (χ4v) is 4.53. The third kappa shape index (κ3) is 5.03. The minimum Gasteiger partial charge on any atom is -0.309 e. The van der Waals surface area contributed by atoms with Gasteiger partial charge in [0.1, 0.15) is 4.21 Å². The molecule has 0 amide bonds. The van der Waals surface area contributed by atoms with Gasteiger partial charge in [-0.15, -0.1) is 11.3 Å². The molecule has 1 fully saturated rings. The molecule has 0 radical (unpaired) electrons. The Bertz CT molecular complexity index is 565. The van der Waals surface area contributed by atoms with E-state index in [2.05, 4.69) is 21.9 Å². The SMILES string of the molecule is CCN(C)CCNS(=O)(=O)c1cc(C)c(CNC2CC2)s1. The van der Waals surface area contributed by atoms with Crippen molar-refractivity contribution in [3.8, 4) is 0 Å². The molecule has 21 heavy (non-hydrogen) atoms. The molecule has 1 heterocycles. The predicted octanol–water partition coefficient (Wildman–Crippen LogP) is 1.54. The van der Waals surface area contributed by atoms with E-state index in [0.717, 1.165) is 30.1 Å². The Hall–Kier alpha value is -0.470. The minimum atomic E-state index is -3.37. The normalized spacial score (nSPS) is 15.8. The summed E-state index contributed by atoms with van der Waals surface area (Å²) in [4.78, 5) is 3.20. The monoisotopic (exact) mass is 331 g/mol. The number of nitrogens with one attached hydrogen (secondary N) is 2. The van der Waals surface area contributed by atoms with Crippen LogP contribution in [-0.4, -0.2) is 46.0 Å². The van der Waals surface area contributed by atoms with E-state index < -0.39 is 10.0 Å². The molecular weight excluding hydrogens is 306 g/mol. The van der Waals surface area contributed by atoms with Gasteiger partial charge in [0, 0.05) is 30.6 Å². The molecule has 1 saturated carbocycles. The van der Waals surface area contributed by atoms with Crippen LogP contribution >= 0.6 is 11.3 Å². The summed E-state index contributed by atoms with van der Waals surface area (Å²) >= 11 is 1.37. The van der Waals surface area contributed by atoms with Gasteiger partial charge < -0.3 is 10.2 Å². The third-order valence-electron chi connectivity index (χ3n) is 3.72. The van der Waals surface area contributed by atoms with Gasteiger partial charge in [-0.2, -0.15) is 0 Å². The van der Waals surface area contributed by atoms with Crippen LogP contribution < -0.4 is 10.0 Å². The van der Waals surface area contributed by atoms with E-state index in [1.165, 1.54) is 24.2 Å². The summed E-state index contributed by atoms with van der Waals surface area (Å²) in [5.41, 5.74) is 1.05. The van der Waals surface area contributed by atoms with Crippen LogP contribution in [0.5, 0.6) is 0 Å². The lowest BCUT2D eigenvalue weighted by atomic mass is 10.3. The fourth-order valence-electron chi connectivity index (χ4n) is 1.92. The summed E-state index contributed by atoms with van der Waals surface area (Å²) in [5.74, 6) is 0. The van der Waals surface area contributed by atoms with Crippen molar-refractivity contribution in [3.63, 3.8) is 0 Å². The van der Waals surface area contributed by atoms with Gasteiger partial charge in [-0.1, -0.05) is 6.92 Å². The second-order valence-electron chi connectivity index (χ2n) is 5.62. The molecular formula is C14H25N3O2S2. The molecule has 7 heteroatoms. The van der Waals surface area contributed by atoms with Gasteiger partial charge in [0.2, 0.25) is 10.0 Å². The molecule has 0 aliphatic heterocycles. The highest BCUT2D eigenvalue weighted by atomic mass is 32.2. The van der Waals surface area contributed by atoms with Crippen LogP contribution in [0.3, 0.4) is 0 Å². The van der Waals surface area contributed by atoms with Crippen molar-refractivity contribution in [2.24, 2.45) is 0 Å². The van der Waals surface area contributed by atoms with Crippen molar-refractivity contribution < 1.29 is 8.42 Å². The Morgan fingerprint density at radius 1 is 1.43 bits per heavy atom. The summed E-state index contributed by atoms with van der Waals surface area (Å²) in [6, 6.07) is 2.41. The van der Waals surface area contributed by atoms with Crippen molar-refractivity contribution >= 4 is 21.4 Å². The van der Waals surface area contributed by atoms with Crippen LogP contribution in [-0.2, 0) is 16.6 Å². The number of aryl methyl sites for hydroxylation is 1. The lowest BCUT2D eigenvalue weighted by molar-refractivity contribution is 0.358. The molecule has 1 aliphatic rings. The standard InChI is InChI=1S/C14H25N3O2S2/c1-4-17(3)8-7-16-21(18,19)14-9-11(2)13(20-14)10-15-12-5-6-12/h9,12,15-16H,4-8,10H2,1-3H3. The maximum Gasteiger partial charge on any atom is 0.250 e. The molecule has 0 bridgehead atoms. The van der Waals surface area contributed by atoms with Gasteiger partial charge in [-0.25, -0.2) is 13.1 Å². The van der Waals surface area contributed by atoms with Crippen molar-refractivity contribution in [2.45, 2.75) is 43.5 Å². The first-order valence-corrected chi connectivity index (χ1v) is 9.73. The van der Waals surface area contributed by atoms with E-state index in [0.29, 0.717) is 16.8 Å². The number of sulfonamides is 1. The Morgan fingerprint density at radius 2 is 2.14 bits per heavy atom. The van der Waals surface area contributed by atoms with E-state index in [9.17, 15) is 8.42 Å². The van der Waals surface area contributed by atoms with Gasteiger partial charge in [0.05, 0.1) is 0 Å². The average Bonchev–Trinajstić information content (AvgIpc) is 3.18. The number of likely N-dealkylation sites (N-methyl/N-ethyl adjacent to an activating group) is 1. The highest BCUT2D eigenvalue weighted by Crippen LogP contribution is 2.27. The smallest absolute Gasteiger partial charge is 0.250 e. The Balaban J connectivity index is 1.93. The fraction of sp³-hybridized carbons (Fsp3) is 0.714. The molecule has 2 rings (SSSR count). The quantitative estimate of drug-likeness (QED) is 0.720. The van der Waals surface area contributed by atoms with Crippen LogP contribution in [0, 0.1) is 6.92 Å². The van der Waals surface area contributed by atoms with E-state index in [1.807, 2.05) is 14.0 Å². The van der Waals surface area contributed by atoms with Crippen LogP contribution in [0.1, 0.15) is 30.2 Å². The Morgan fingerprint density at radius 3 is 2.76 bits per heavy atom. The number of rotatable bonds is 9. The summed E-state index contributed by atoms with van der Waals surface area (Å²) in [5, 5.41) is 3.43. The van der Waals surface area contributed by atoms with E-state index in [-0.39, 0.29) is 0 Å². The van der Waals surface area contributed by atoms with Gasteiger partial charge in [0.25, 0.3) is 0 Å². The van der Waals surface area contributed by atoms with Gasteiger partial charge in [0.15, 0.2) is 0 Å². The maximum absolute atomic E-state index is 12.3. The van der Waals surface area contributed by atoms with E-state index >= 15 is 0 Å². The highest BCUT2D eigenvalue weighted by Gasteiger charge is 2.22. The zero-order valence-corrected chi connectivity index (χ0v) is 14.6. The molecule has 0 aromatic carbocycles. The van der Waals surface area contributed by atoms with Gasteiger partial charge in [-0.05, 0) is 45.0 Å². The van der Waals surface area contributed by atoms with Crippen LogP contribution in [0.4, 0.5) is 0 Å². The maximum atomic E-state index is 12.3. The Labute approximate surface area is 131 Å². The van der Waals surface area contributed by atoms with Crippen LogP contribution in [0.15, 0.2) is 10.3 Å².